The average molecular weight is 423 g/mol. The van der Waals surface area contributed by atoms with E-state index in [0.717, 1.165) is 43.3 Å². The van der Waals surface area contributed by atoms with Gasteiger partial charge in [-0.3, -0.25) is 0 Å². The van der Waals surface area contributed by atoms with Crippen LogP contribution in [0.4, 0.5) is 0 Å². The molecule has 0 atom stereocenters. The number of hydrogen-bond donors (Lipinski definition) is 1. The third-order valence-corrected chi connectivity index (χ3v) is 5.09. The molecular weight excluding hydrogens is 408 g/mol. The van der Waals surface area contributed by atoms with Crippen LogP contribution in [0.2, 0.25) is 0 Å². The van der Waals surface area contributed by atoms with Crippen LogP contribution in [0.1, 0.15) is 11.3 Å². The Bertz CT molecular complexity index is 1190. The second-order valence-corrected chi connectivity index (χ2v) is 7.38. The fraction of sp³-hybridized carbons (Fsp3) is 0.0476. The molecule has 0 fully saturated rings. The summed E-state index contributed by atoms with van der Waals surface area (Å²) < 4.78 is 7.18. The number of hydrogen-bond acceptors (Lipinski definition) is 3. The van der Waals surface area contributed by atoms with Crippen molar-refractivity contribution < 1.29 is 4.52 Å². The minimum Gasteiger partial charge on any atom is -0.356 e. The molecule has 0 aliphatic heterocycles. The van der Waals surface area contributed by atoms with Crippen molar-refractivity contribution in [3.8, 4) is 22.5 Å². The number of halogens is 1. The highest BCUT2D eigenvalue weighted by Crippen LogP contribution is 2.39. The van der Waals surface area contributed by atoms with Crippen LogP contribution in [-0.2, 0) is 0 Å². The Morgan fingerprint density at radius 3 is 2.54 bits per heavy atom. The normalized spacial score (nSPS) is 11.0. The summed E-state index contributed by atoms with van der Waals surface area (Å²) in [6.07, 6.45) is 1.83. The molecule has 4 aromatic rings. The van der Waals surface area contributed by atoms with Gasteiger partial charge in [0.15, 0.2) is 5.76 Å². The van der Waals surface area contributed by atoms with Gasteiger partial charge in [0, 0.05) is 27.0 Å². The number of rotatable bonds is 3. The molecule has 1 N–H and O–H groups in total. The van der Waals surface area contributed by atoms with Crippen molar-refractivity contribution in [2.75, 3.05) is 0 Å². The molecule has 3 nitrogen and oxygen atoms in total. The summed E-state index contributed by atoms with van der Waals surface area (Å²) in [4.78, 5) is 3.32. The van der Waals surface area contributed by atoms with Gasteiger partial charge in [0.25, 0.3) is 0 Å². The number of fused-ring (bicyclic) bond motifs is 1. The maximum absolute atomic E-state index is 5.67. The van der Waals surface area contributed by atoms with Crippen molar-refractivity contribution in [2.24, 2.45) is 0 Å². The first-order valence-electron chi connectivity index (χ1n) is 8.09. The Balaban J connectivity index is 2.13. The van der Waals surface area contributed by atoms with Crippen LogP contribution >= 0.6 is 28.1 Å². The van der Waals surface area contributed by atoms with E-state index in [4.69, 9.17) is 16.7 Å². The molecule has 0 radical (unpaired) electrons. The number of H-pyrrole nitrogens is 1. The highest BCUT2D eigenvalue weighted by Gasteiger charge is 2.18. The summed E-state index contributed by atoms with van der Waals surface area (Å²) in [5.41, 5.74) is 5.78. The number of nitrogens with one attached hydrogen (secondary N) is 1. The van der Waals surface area contributed by atoms with E-state index in [2.05, 4.69) is 50.8 Å². The van der Waals surface area contributed by atoms with Gasteiger partial charge in [-0.25, -0.2) is 0 Å². The number of aromatic nitrogens is 2. The predicted molar refractivity (Wildman–Crippen MR) is 113 cm³/mol. The van der Waals surface area contributed by atoms with Gasteiger partial charge in [0.2, 0.25) is 0 Å². The molecule has 0 saturated heterocycles. The predicted octanol–water partition coefficient (Wildman–Crippen LogP) is 6.93. The first-order valence-corrected chi connectivity index (χ1v) is 9.29. The van der Waals surface area contributed by atoms with Crippen LogP contribution in [0, 0.1) is 11.6 Å². The van der Waals surface area contributed by atoms with Gasteiger partial charge < -0.3 is 9.51 Å². The molecular formula is C21H15BrN2OS. The van der Waals surface area contributed by atoms with E-state index >= 15 is 0 Å². The van der Waals surface area contributed by atoms with Crippen molar-refractivity contribution in [1.82, 2.24) is 10.1 Å². The van der Waals surface area contributed by atoms with E-state index in [1.807, 2.05) is 43.3 Å². The third-order valence-electron chi connectivity index (χ3n) is 4.29. The highest BCUT2D eigenvalue weighted by atomic mass is 79.9. The number of nitrogens with zero attached hydrogens (tertiary/aromatic N) is 1. The van der Waals surface area contributed by atoms with E-state index in [1.54, 1.807) is 0 Å². The number of aromatic amines is 1. The lowest BCUT2D eigenvalue weighted by atomic mass is 9.94. The second kappa shape index (κ2) is 6.67. The van der Waals surface area contributed by atoms with Crippen molar-refractivity contribution in [3.63, 3.8) is 0 Å². The summed E-state index contributed by atoms with van der Waals surface area (Å²) in [5.74, 6) is 0.661. The third kappa shape index (κ3) is 2.93. The first-order chi connectivity index (χ1) is 12.6. The van der Waals surface area contributed by atoms with Crippen LogP contribution in [-0.4, -0.2) is 10.1 Å². The van der Waals surface area contributed by atoms with Crippen LogP contribution in [0.25, 0.3) is 39.4 Å². The quantitative estimate of drug-likeness (QED) is 0.363. The van der Waals surface area contributed by atoms with Gasteiger partial charge in [0.1, 0.15) is 4.64 Å². The van der Waals surface area contributed by atoms with Crippen LogP contribution in [0.5, 0.6) is 0 Å². The Kier molecular flexibility index (Phi) is 4.34. The van der Waals surface area contributed by atoms with Gasteiger partial charge in [-0.1, -0.05) is 70.2 Å². The zero-order valence-corrected chi connectivity index (χ0v) is 16.4. The zero-order valence-electron chi connectivity index (χ0n) is 14.0. The number of aryl methyl sites for hydroxylation is 1. The lowest BCUT2D eigenvalue weighted by molar-refractivity contribution is 0.427. The summed E-state index contributed by atoms with van der Waals surface area (Å²) in [6, 6.07) is 16.3. The minimum atomic E-state index is 0.624. The van der Waals surface area contributed by atoms with Gasteiger partial charge in [-0.2, -0.15) is 0 Å². The standard InChI is InChI=1S/C21H15BrN2OS/c1-3-13-4-6-14(7-5-13)19-16-11-15(22)8-9-17(16)23-21(26)20(19)18-10-12(2)24-25-18/h3-11H,1H2,2H3,(H,23,26). The highest BCUT2D eigenvalue weighted by molar-refractivity contribution is 9.10. The van der Waals surface area contributed by atoms with Gasteiger partial charge in [-0.05, 0) is 36.2 Å². The van der Waals surface area contributed by atoms with Crippen molar-refractivity contribution in [3.05, 3.63) is 75.5 Å². The summed E-state index contributed by atoms with van der Waals surface area (Å²) in [7, 11) is 0. The summed E-state index contributed by atoms with van der Waals surface area (Å²) >= 11 is 9.24. The second-order valence-electron chi connectivity index (χ2n) is 6.05. The van der Waals surface area contributed by atoms with Crippen LogP contribution in [0.15, 0.2) is 64.1 Å². The molecule has 0 aliphatic rings. The molecule has 0 amide bonds. The molecule has 5 heteroatoms. The molecule has 26 heavy (non-hydrogen) atoms. The maximum atomic E-state index is 5.67. The van der Waals surface area contributed by atoms with Crippen molar-refractivity contribution >= 4 is 45.1 Å². The molecule has 0 bridgehead atoms. The number of pyridine rings is 1. The molecule has 2 aromatic heterocycles. The number of benzene rings is 2. The van der Waals surface area contributed by atoms with E-state index in [1.165, 1.54) is 0 Å². The Morgan fingerprint density at radius 2 is 1.88 bits per heavy atom. The molecule has 0 aliphatic carbocycles. The van der Waals surface area contributed by atoms with E-state index < -0.39 is 0 Å². The zero-order chi connectivity index (χ0) is 18.3. The molecule has 0 saturated carbocycles. The first kappa shape index (κ1) is 16.9. The van der Waals surface area contributed by atoms with Crippen molar-refractivity contribution in [1.29, 1.82) is 0 Å². The van der Waals surface area contributed by atoms with Gasteiger partial charge in [-0.15, -0.1) is 0 Å². The SMILES string of the molecule is C=Cc1ccc(-c2c(-c3cc(C)no3)c(=S)[nH]c3ccc(Br)cc23)cc1. The summed E-state index contributed by atoms with van der Waals surface area (Å²) in [5, 5.41) is 5.09. The Morgan fingerprint density at radius 1 is 1.12 bits per heavy atom. The van der Waals surface area contributed by atoms with Gasteiger partial charge in [0.05, 0.1) is 11.3 Å². The van der Waals surface area contributed by atoms with Crippen LogP contribution in [0.3, 0.4) is 0 Å². The average Bonchev–Trinajstić information content (AvgIpc) is 3.07. The van der Waals surface area contributed by atoms with E-state index in [0.29, 0.717) is 10.4 Å². The minimum absolute atomic E-state index is 0.624. The molecule has 2 aromatic carbocycles. The van der Waals surface area contributed by atoms with Crippen LogP contribution < -0.4 is 0 Å². The summed E-state index contributed by atoms with van der Waals surface area (Å²) in [6.45, 7) is 5.72. The monoisotopic (exact) mass is 422 g/mol. The largest absolute Gasteiger partial charge is 0.356 e. The Labute approximate surface area is 164 Å². The topological polar surface area (TPSA) is 41.8 Å². The lowest BCUT2D eigenvalue weighted by Gasteiger charge is -2.13. The lowest BCUT2D eigenvalue weighted by Crippen LogP contribution is -1.92. The fourth-order valence-electron chi connectivity index (χ4n) is 3.07. The van der Waals surface area contributed by atoms with E-state index in [9.17, 15) is 0 Å². The molecule has 2 heterocycles. The molecule has 0 spiro atoms. The molecule has 0 unspecified atom stereocenters. The Hall–Kier alpha value is -2.50. The van der Waals surface area contributed by atoms with Gasteiger partial charge >= 0.3 is 0 Å². The maximum Gasteiger partial charge on any atom is 0.170 e. The molecule has 4 rings (SSSR count). The smallest absolute Gasteiger partial charge is 0.170 e. The van der Waals surface area contributed by atoms with Crippen molar-refractivity contribution in [2.45, 2.75) is 6.92 Å². The fourth-order valence-corrected chi connectivity index (χ4v) is 3.74. The molecule has 128 valence electrons. The van der Waals surface area contributed by atoms with E-state index in [-0.39, 0.29) is 0 Å².